The Labute approximate surface area is 158 Å². The molecule has 0 unspecified atom stereocenters. The summed E-state index contributed by atoms with van der Waals surface area (Å²) < 4.78 is 12.5. The first-order valence-corrected chi connectivity index (χ1v) is 8.54. The van der Waals surface area contributed by atoms with E-state index in [0.717, 1.165) is 0 Å². The smallest absolute Gasteiger partial charge is 0.332 e. The molecule has 4 rings (SSSR count). The van der Waals surface area contributed by atoms with Crippen molar-refractivity contribution in [3.05, 3.63) is 52.7 Å². The number of nitrogens with one attached hydrogen (secondary N) is 1. The first-order chi connectivity index (χ1) is 13.5. The fraction of sp³-hybridized carbons (Fsp3) is 0.158. The number of amides is 1. The number of carbonyl (C=O) groups excluding carboxylic acids is 1. The molecule has 3 N–H and O–H groups in total. The van der Waals surface area contributed by atoms with Gasteiger partial charge in [-0.15, -0.1) is 0 Å². The van der Waals surface area contributed by atoms with Crippen molar-refractivity contribution in [2.24, 2.45) is 5.73 Å². The van der Waals surface area contributed by atoms with Crippen LogP contribution in [0.2, 0.25) is 0 Å². The zero-order valence-corrected chi connectivity index (χ0v) is 15.2. The van der Waals surface area contributed by atoms with Crippen LogP contribution in [0.1, 0.15) is 17.3 Å². The van der Waals surface area contributed by atoms with Crippen LogP contribution >= 0.6 is 0 Å². The number of carbonyl (C=O) groups is 1. The highest BCUT2D eigenvalue weighted by Crippen LogP contribution is 2.31. The van der Waals surface area contributed by atoms with Crippen LogP contribution in [0.25, 0.3) is 27.8 Å². The lowest BCUT2D eigenvalue weighted by Crippen LogP contribution is -2.15. The largest absolute Gasteiger partial charge is 0.495 e. The molecule has 3 aromatic heterocycles. The van der Waals surface area contributed by atoms with Gasteiger partial charge >= 0.3 is 5.69 Å². The number of ether oxygens (including phenoxy) is 2. The number of benzene rings is 1. The Morgan fingerprint density at radius 2 is 2.11 bits per heavy atom. The molecule has 0 aliphatic rings. The zero-order valence-electron chi connectivity index (χ0n) is 15.2. The molecular formula is C19H17N5O4. The molecule has 0 saturated carbocycles. The van der Waals surface area contributed by atoms with Gasteiger partial charge in [0.2, 0.25) is 0 Å². The summed E-state index contributed by atoms with van der Waals surface area (Å²) in [5.41, 5.74) is 7.28. The van der Waals surface area contributed by atoms with Gasteiger partial charge < -0.3 is 15.2 Å². The Morgan fingerprint density at radius 1 is 1.29 bits per heavy atom. The van der Waals surface area contributed by atoms with E-state index in [1.165, 1.54) is 17.9 Å². The van der Waals surface area contributed by atoms with Gasteiger partial charge in [-0.1, -0.05) is 0 Å². The standard InChI is InChI=1S/C19H17N5O4/c1-3-28-14-6-7-21-18-15(14)24(19(26)23-18)10-4-5-13-11(8-10)16(27-2)12(9-22-13)17(20)25/h4-9H,3H2,1-2H3,(H2,20,25)(H,21,23,26). The molecule has 3 heterocycles. The highest BCUT2D eigenvalue weighted by atomic mass is 16.5. The molecule has 1 amide bonds. The number of pyridine rings is 2. The number of H-pyrrole nitrogens is 1. The van der Waals surface area contributed by atoms with Crippen LogP contribution in [-0.4, -0.2) is 39.1 Å². The van der Waals surface area contributed by atoms with Gasteiger partial charge in [0, 0.05) is 23.8 Å². The van der Waals surface area contributed by atoms with E-state index in [2.05, 4.69) is 15.0 Å². The third kappa shape index (κ3) is 2.64. The molecule has 0 spiro atoms. The monoisotopic (exact) mass is 379 g/mol. The molecular weight excluding hydrogens is 362 g/mol. The Bertz CT molecular complexity index is 1270. The minimum atomic E-state index is -0.649. The van der Waals surface area contributed by atoms with E-state index in [-0.39, 0.29) is 11.3 Å². The third-order valence-electron chi connectivity index (χ3n) is 4.37. The van der Waals surface area contributed by atoms with E-state index in [1.807, 2.05) is 6.92 Å². The number of nitrogens with two attached hydrogens (primary N) is 1. The summed E-state index contributed by atoms with van der Waals surface area (Å²) in [4.78, 5) is 35.5. The molecule has 28 heavy (non-hydrogen) atoms. The lowest BCUT2D eigenvalue weighted by Gasteiger charge is -2.12. The molecule has 0 fully saturated rings. The Morgan fingerprint density at radius 3 is 2.82 bits per heavy atom. The molecule has 0 atom stereocenters. The predicted molar refractivity (Wildman–Crippen MR) is 103 cm³/mol. The summed E-state index contributed by atoms with van der Waals surface area (Å²) >= 11 is 0. The highest BCUT2D eigenvalue weighted by Gasteiger charge is 2.18. The van der Waals surface area contributed by atoms with Gasteiger partial charge in [0.25, 0.3) is 5.91 Å². The summed E-state index contributed by atoms with van der Waals surface area (Å²) in [5, 5.41) is 0.555. The van der Waals surface area contributed by atoms with Crippen molar-refractivity contribution < 1.29 is 14.3 Å². The second kappa shape index (κ2) is 6.69. The van der Waals surface area contributed by atoms with E-state index in [4.69, 9.17) is 15.2 Å². The maximum absolute atomic E-state index is 12.7. The zero-order chi connectivity index (χ0) is 19.8. The molecule has 9 nitrogen and oxygen atoms in total. The van der Waals surface area contributed by atoms with E-state index in [9.17, 15) is 9.59 Å². The molecule has 1 aromatic carbocycles. The minimum absolute atomic E-state index is 0.162. The molecule has 9 heteroatoms. The lowest BCUT2D eigenvalue weighted by atomic mass is 10.1. The number of methoxy groups -OCH3 is 1. The molecule has 0 bridgehead atoms. The topological polar surface area (TPSA) is 125 Å². The predicted octanol–water partition coefficient (Wildman–Crippen LogP) is 1.77. The maximum Gasteiger partial charge on any atom is 0.332 e. The van der Waals surface area contributed by atoms with Gasteiger partial charge in [-0.05, 0) is 25.1 Å². The van der Waals surface area contributed by atoms with E-state index < -0.39 is 5.91 Å². The second-order valence-electron chi connectivity index (χ2n) is 5.98. The van der Waals surface area contributed by atoms with E-state index >= 15 is 0 Å². The molecule has 0 aliphatic carbocycles. The quantitative estimate of drug-likeness (QED) is 0.544. The number of fused-ring (bicyclic) bond motifs is 2. The number of hydrogen-bond acceptors (Lipinski definition) is 6. The van der Waals surface area contributed by atoms with Gasteiger partial charge in [0.1, 0.15) is 22.6 Å². The molecule has 142 valence electrons. The Balaban J connectivity index is 2.04. The maximum atomic E-state index is 12.7. The van der Waals surface area contributed by atoms with Gasteiger partial charge in [-0.25, -0.2) is 9.78 Å². The average molecular weight is 379 g/mol. The van der Waals surface area contributed by atoms with Crippen molar-refractivity contribution in [1.82, 2.24) is 19.5 Å². The van der Waals surface area contributed by atoms with Crippen LogP contribution in [0.15, 0.2) is 41.5 Å². The Hall–Kier alpha value is -3.88. The van der Waals surface area contributed by atoms with Gasteiger partial charge in [-0.2, -0.15) is 0 Å². The van der Waals surface area contributed by atoms with E-state index in [0.29, 0.717) is 45.9 Å². The summed E-state index contributed by atoms with van der Waals surface area (Å²) in [6.07, 6.45) is 2.94. The average Bonchev–Trinajstić information content (AvgIpc) is 3.03. The number of rotatable bonds is 5. The summed E-state index contributed by atoms with van der Waals surface area (Å²) in [6, 6.07) is 6.89. The summed E-state index contributed by atoms with van der Waals surface area (Å²) in [5.74, 6) is 0.182. The number of aromatic nitrogens is 4. The molecule has 4 aromatic rings. The SMILES string of the molecule is CCOc1ccnc2[nH]c(=O)n(-c3ccc4ncc(C(N)=O)c(OC)c4c3)c12. The van der Waals surface area contributed by atoms with E-state index in [1.54, 1.807) is 30.5 Å². The number of primary amides is 1. The summed E-state index contributed by atoms with van der Waals surface area (Å²) in [6.45, 7) is 2.30. The number of nitrogens with zero attached hydrogens (tertiary/aromatic N) is 3. The number of imidazole rings is 1. The van der Waals surface area contributed by atoms with Crippen LogP contribution in [0.3, 0.4) is 0 Å². The van der Waals surface area contributed by atoms with Gasteiger partial charge in [0.05, 0.1) is 24.9 Å². The van der Waals surface area contributed by atoms with Crippen LogP contribution in [0.5, 0.6) is 11.5 Å². The third-order valence-corrected chi connectivity index (χ3v) is 4.37. The first kappa shape index (κ1) is 17.5. The number of hydrogen-bond donors (Lipinski definition) is 2. The minimum Gasteiger partial charge on any atom is -0.495 e. The summed E-state index contributed by atoms with van der Waals surface area (Å²) in [7, 11) is 1.45. The fourth-order valence-electron chi connectivity index (χ4n) is 3.21. The van der Waals surface area contributed by atoms with Crippen LogP contribution in [0.4, 0.5) is 0 Å². The van der Waals surface area contributed by atoms with Crippen molar-refractivity contribution >= 4 is 28.0 Å². The molecule has 0 saturated heterocycles. The lowest BCUT2D eigenvalue weighted by molar-refractivity contribution is 0.0997. The Kier molecular flexibility index (Phi) is 4.19. The van der Waals surface area contributed by atoms with Gasteiger partial charge in [0.15, 0.2) is 5.65 Å². The van der Waals surface area contributed by atoms with Crippen LogP contribution < -0.4 is 20.9 Å². The van der Waals surface area contributed by atoms with Gasteiger partial charge in [-0.3, -0.25) is 19.3 Å². The van der Waals surface area contributed by atoms with Crippen molar-refractivity contribution in [1.29, 1.82) is 0 Å². The molecule has 0 radical (unpaired) electrons. The van der Waals surface area contributed by atoms with Crippen LogP contribution in [-0.2, 0) is 0 Å². The first-order valence-electron chi connectivity index (χ1n) is 8.54. The normalized spacial score (nSPS) is 11.1. The highest BCUT2D eigenvalue weighted by molar-refractivity contribution is 6.02. The van der Waals surface area contributed by atoms with Crippen molar-refractivity contribution in [3.8, 4) is 17.2 Å². The molecule has 0 aliphatic heterocycles. The van der Waals surface area contributed by atoms with Crippen molar-refractivity contribution in [2.75, 3.05) is 13.7 Å². The fourth-order valence-corrected chi connectivity index (χ4v) is 3.21. The number of aromatic amines is 1. The van der Waals surface area contributed by atoms with Crippen LogP contribution in [0, 0.1) is 0 Å². The van der Waals surface area contributed by atoms with Crippen molar-refractivity contribution in [2.45, 2.75) is 6.92 Å². The second-order valence-corrected chi connectivity index (χ2v) is 5.98. The van der Waals surface area contributed by atoms with Crippen molar-refractivity contribution in [3.63, 3.8) is 0 Å².